The van der Waals surface area contributed by atoms with Gasteiger partial charge in [0.25, 0.3) is 0 Å². The highest BCUT2D eigenvalue weighted by molar-refractivity contribution is 5.49. The maximum atomic E-state index is 9.79. The predicted octanol–water partition coefficient (Wildman–Crippen LogP) is 4.73. The fourth-order valence-corrected chi connectivity index (χ4v) is 2.42. The zero-order valence-corrected chi connectivity index (χ0v) is 12.2. The molecule has 2 rings (SSSR count). The number of hydrogen-bond acceptors (Lipinski definition) is 2. The van der Waals surface area contributed by atoms with E-state index in [1.165, 1.54) is 5.56 Å². The van der Waals surface area contributed by atoms with Gasteiger partial charge in [0.15, 0.2) is 0 Å². The Balaban J connectivity index is 2.42. The first-order valence-corrected chi connectivity index (χ1v) is 6.44. The maximum Gasteiger partial charge on any atom is 0.133 e. The van der Waals surface area contributed by atoms with Crippen LogP contribution in [0.5, 0.6) is 17.2 Å². The van der Waals surface area contributed by atoms with E-state index in [4.69, 9.17) is 4.74 Å². The molecule has 0 atom stereocenters. The molecule has 19 heavy (non-hydrogen) atoms. The minimum absolute atomic E-state index is 0.338. The van der Waals surface area contributed by atoms with Gasteiger partial charge in [-0.25, -0.2) is 0 Å². The second kappa shape index (κ2) is 4.96. The predicted molar refractivity (Wildman–Crippen MR) is 78.3 cm³/mol. The topological polar surface area (TPSA) is 29.5 Å². The van der Waals surface area contributed by atoms with Crippen molar-refractivity contribution in [1.29, 1.82) is 0 Å². The molecule has 0 fully saturated rings. The van der Waals surface area contributed by atoms with E-state index in [-0.39, 0.29) is 0 Å². The van der Waals surface area contributed by atoms with E-state index in [0.717, 1.165) is 33.8 Å². The quantitative estimate of drug-likeness (QED) is 0.842. The van der Waals surface area contributed by atoms with Crippen molar-refractivity contribution in [3.8, 4) is 17.2 Å². The molecule has 0 radical (unpaired) electrons. The summed E-state index contributed by atoms with van der Waals surface area (Å²) in [6.07, 6.45) is 0. The highest BCUT2D eigenvalue weighted by Crippen LogP contribution is 2.33. The van der Waals surface area contributed by atoms with Crippen molar-refractivity contribution in [2.24, 2.45) is 0 Å². The van der Waals surface area contributed by atoms with Crippen LogP contribution >= 0.6 is 0 Å². The molecule has 2 aromatic rings. The zero-order valence-electron chi connectivity index (χ0n) is 12.2. The van der Waals surface area contributed by atoms with Gasteiger partial charge in [0, 0.05) is 0 Å². The van der Waals surface area contributed by atoms with Gasteiger partial charge in [-0.3, -0.25) is 0 Å². The molecule has 0 aliphatic heterocycles. The lowest BCUT2D eigenvalue weighted by atomic mass is 10.1. The maximum absolute atomic E-state index is 9.79. The Labute approximate surface area is 114 Å². The Morgan fingerprint density at radius 2 is 1.21 bits per heavy atom. The summed E-state index contributed by atoms with van der Waals surface area (Å²) in [5.41, 5.74) is 5.15. The molecule has 0 aliphatic carbocycles. The fourth-order valence-electron chi connectivity index (χ4n) is 2.42. The summed E-state index contributed by atoms with van der Waals surface area (Å²) in [6.45, 7) is 9.94. The minimum atomic E-state index is 0.338. The normalized spacial score (nSPS) is 10.6. The number of phenols is 1. The summed E-state index contributed by atoms with van der Waals surface area (Å²) in [6, 6.07) is 7.95. The number of ether oxygens (including phenoxy) is 1. The number of aromatic hydroxyl groups is 1. The summed E-state index contributed by atoms with van der Waals surface area (Å²) in [7, 11) is 0. The van der Waals surface area contributed by atoms with Gasteiger partial charge in [0.1, 0.15) is 17.2 Å². The molecular formula is C17H20O2. The molecular weight excluding hydrogens is 236 g/mol. The third-order valence-corrected chi connectivity index (χ3v) is 3.29. The minimum Gasteiger partial charge on any atom is -0.507 e. The summed E-state index contributed by atoms with van der Waals surface area (Å²) in [5.74, 6) is 2.00. The van der Waals surface area contributed by atoms with Gasteiger partial charge in [0.05, 0.1) is 0 Å². The van der Waals surface area contributed by atoms with E-state index in [2.05, 4.69) is 32.9 Å². The second-order valence-electron chi connectivity index (χ2n) is 5.24. The molecule has 0 aliphatic rings. The molecule has 1 N–H and O–H groups in total. The highest BCUT2D eigenvalue weighted by atomic mass is 16.5. The molecule has 0 unspecified atom stereocenters. The first kappa shape index (κ1) is 13.5. The number of benzene rings is 2. The third-order valence-electron chi connectivity index (χ3n) is 3.29. The van der Waals surface area contributed by atoms with Crippen LogP contribution in [0.1, 0.15) is 27.8 Å². The van der Waals surface area contributed by atoms with Crippen molar-refractivity contribution in [1.82, 2.24) is 0 Å². The van der Waals surface area contributed by atoms with Crippen molar-refractivity contribution in [2.45, 2.75) is 34.6 Å². The SMILES string of the molecule is Cc1cc(C)c(Oc2cc(C)c(O)c(C)c2)c(C)c1. The van der Waals surface area contributed by atoms with Crippen LogP contribution in [0.25, 0.3) is 0 Å². The van der Waals surface area contributed by atoms with Crippen LogP contribution in [0.15, 0.2) is 24.3 Å². The van der Waals surface area contributed by atoms with Gasteiger partial charge in [-0.05, 0) is 69.0 Å². The van der Waals surface area contributed by atoms with E-state index >= 15 is 0 Å². The average molecular weight is 256 g/mol. The molecule has 0 saturated heterocycles. The summed E-state index contributed by atoms with van der Waals surface area (Å²) >= 11 is 0. The van der Waals surface area contributed by atoms with Crippen LogP contribution in [0.4, 0.5) is 0 Å². The van der Waals surface area contributed by atoms with Crippen molar-refractivity contribution < 1.29 is 9.84 Å². The van der Waals surface area contributed by atoms with Gasteiger partial charge in [-0.2, -0.15) is 0 Å². The molecule has 0 spiro atoms. The lowest BCUT2D eigenvalue weighted by Gasteiger charge is -2.14. The number of phenolic OH excluding ortho intramolecular Hbond substituents is 1. The molecule has 0 heterocycles. The summed E-state index contributed by atoms with van der Waals surface area (Å²) < 4.78 is 6.00. The van der Waals surface area contributed by atoms with Gasteiger partial charge < -0.3 is 9.84 Å². The smallest absolute Gasteiger partial charge is 0.133 e. The standard InChI is InChI=1S/C17H20O2/c1-10-6-13(4)17(14(5)7-10)19-15-8-11(2)16(18)12(3)9-15/h6-9,18H,1-5H3. The third kappa shape index (κ3) is 2.73. The van der Waals surface area contributed by atoms with E-state index in [1.54, 1.807) is 0 Å². The Hall–Kier alpha value is -1.96. The first-order chi connectivity index (χ1) is 8.88. The molecule has 2 nitrogen and oxygen atoms in total. The van der Waals surface area contributed by atoms with Crippen molar-refractivity contribution in [2.75, 3.05) is 0 Å². The lowest BCUT2D eigenvalue weighted by Crippen LogP contribution is -1.93. The largest absolute Gasteiger partial charge is 0.507 e. The molecule has 0 amide bonds. The van der Waals surface area contributed by atoms with E-state index in [0.29, 0.717) is 5.75 Å². The van der Waals surface area contributed by atoms with Crippen LogP contribution in [0, 0.1) is 34.6 Å². The number of hydrogen-bond donors (Lipinski definition) is 1. The molecule has 2 aromatic carbocycles. The zero-order chi connectivity index (χ0) is 14.2. The summed E-state index contributed by atoms with van der Waals surface area (Å²) in [4.78, 5) is 0. The molecule has 0 aromatic heterocycles. The van der Waals surface area contributed by atoms with Crippen LogP contribution in [0.3, 0.4) is 0 Å². The van der Waals surface area contributed by atoms with E-state index < -0.39 is 0 Å². The van der Waals surface area contributed by atoms with E-state index in [1.807, 2.05) is 26.0 Å². The number of rotatable bonds is 2. The summed E-state index contributed by atoms with van der Waals surface area (Å²) in [5, 5.41) is 9.79. The van der Waals surface area contributed by atoms with Crippen LogP contribution in [0.2, 0.25) is 0 Å². The average Bonchev–Trinajstić information content (AvgIpc) is 2.30. The van der Waals surface area contributed by atoms with Gasteiger partial charge >= 0.3 is 0 Å². The first-order valence-electron chi connectivity index (χ1n) is 6.44. The fraction of sp³-hybridized carbons (Fsp3) is 0.294. The van der Waals surface area contributed by atoms with Crippen LogP contribution in [-0.2, 0) is 0 Å². The monoisotopic (exact) mass is 256 g/mol. The molecule has 2 heteroatoms. The van der Waals surface area contributed by atoms with E-state index in [9.17, 15) is 5.11 Å². The molecule has 100 valence electrons. The highest BCUT2D eigenvalue weighted by Gasteiger charge is 2.09. The second-order valence-corrected chi connectivity index (χ2v) is 5.24. The van der Waals surface area contributed by atoms with Crippen LogP contribution < -0.4 is 4.74 Å². The van der Waals surface area contributed by atoms with Crippen LogP contribution in [-0.4, -0.2) is 5.11 Å². The Morgan fingerprint density at radius 1 is 0.737 bits per heavy atom. The van der Waals surface area contributed by atoms with Crippen molar-refractivity contribution in [3.63, 3.8) is 0 Å². The Morgan fingerprint density at radius 3 is 1.68 bits per heavy atom. The Kier molecular flexibility index (Phi) is 3.52. The molecule has 0 saturated carbocycles. The van der Waals surface area contributed by atoms with Gasteiger partial charge in [0.2, 0.25) is 0 Å². The van der Waals surface area contributed by atoms with Gasteiger partial charge in [-0.15, -0.1) is 0 Å². The van der Waals surface area contributed by atoms with Gasteiger partial charge in [-0.1, -0.05) is 17.7 Å². The number of aryl methyl sites for hydroxylation is 5. The lowest BCUT2D eigenvalue weighted by molar-refractivity contribution is 0.454. The molecule has 0 bridgehead atoms. The van der Waals surface area contributed by atoms with Crippen molar-refractivity contribution in [3.05, 3.63) is 52.1 Å². The van der Waals surface area contributed by atoms with Crippen molar-refractivity contribution >= 4 is 0 Å². The Bertz CT molecular complexity index is 581.